The molecule has 6 rings (SSSR count). The normalized spacial score (nSPS) is 11.3. The van der Waals surface area contributed by atoms with E-state index >= 15 is 0 Å². The number of carbonyl (C=O) groups is 2. The third-order valence-corrected chi connectivity index (χ3v) is 9.19. The van der Waals surface area contributed by atoms with E-state index < -0.39 is 0 Å². The third kappa shape index (κ3) is 7.28. The van der Waals surface area contributed by atoms with Crippen molar-refractivity contribution in [2.45, 2.75) is 10.3 Å². The smallest absolute Gasteiger partial charge is 0.234 e. The van der Waals surface area contributed by atoms with Crippen molar-refractivity contribution >= 4 is 115 Å². The summed E-state index contributed by atoms with van der Waals surface area (Å²) in [5.74, 6) is -0.177. The van der Waals surface area contributed by atoms with Crippen LogP contribution in [-0.4, -0.2) is 43.3 Å². The lowest BCUT2D eigenvalue weighted by Gasteiger charge is -2.11. The van der Waals surface area contributed by atoms with E-state index in [0.29, 0.717) is 41.8 Å². The van der Waals surface area contributed by atoms with E-state index in [1.807, 2.05) is 24.3 Å². The Labute approximate surface area is 279 Å². The first kappa shape index (κ1) is 30.6. The number of carbonyl (C=O) groups excluding carboxylic acids is 2. The van der Waals surface area contributed by atoms with Crippen LogP contribution in [0.1, 0.15) is 0 Å². The summed E-state index contributed by atoms with van der Waals surface area (Å²) in [6.45, 7) is 0. The number of aromatic nitrogens is 4. The lowest BCUT2D eigenvalue weighted by molar-refractivity contribution is -0.114. The number of anilines is 2. The average Bonchev–Trinajstić information content (AvgIpc) is 3.59. The second-order valence-corrected chi connectivity index (χ2v) is 13.1. The maximum absolute atomic E-state index is 12.6. The van der Waals surface area contributed by atoms with Crippen LogP contribution in [0.4, 0.5) is 11.4 Å². The average molecular weight is 702 g/mol. The number of amides is 2. The highest BCUT2D eigenvalue weighted by Crippen LogP contribution is 2.33. The van der Waals surface area contributed by atoms with Crippen LogP contribution in [-0.2, 0) is 9.59 Å². The first-order chi connectivity index (χ1) is 21.2. The van der Waals surface area contributed by atoms with Gasteiger partial charge in [-0.05, 0) is 71.8 Å². The predicted octanol–water partition coefficient (Wildman–Crippen LogP) is 9.18. The number of imidazole rings is 2. The number of fused-ring (bicyclic) bond motifs is 2. The molecule has 6 aromatic rings. The van der Waals surface area contributed by atoms with Crippen molar-refractivity contribution in [2.75, 3.05) is 22.1 Å². The van der Waals surface area contributed by atoms with Gasteiger partial charge in [-0.15, -0.1) is 0 Å². The Morgan fingerprint density at radius 2 is 1.05 bits per heavy atom. The number of aromatic amines is 2. The Morgan fingerprint density at radius 3 is 1.45 bits per heavy atom. The van der Waals surface area contributed by atoms with E-state index in [1.165, 1.54) is 23.5 Å². The first-order valence-corrected chi connectivity index (χ1v) is 16.4. The highest BCUT2D eigenvalue weighted by molar-refractivity contribution is 8.00. The van der Waals surface area contributed by atoms with Crippen LogP contribution in [0, 0.1) is 0 Å². The topological polar surface area (TPSA) is 116 Å². The molecular formula is C30H20Cl4N6O2S2. The van der Waals surface area contributed by atoms with E-state index in [4.69, 9.17) is 46.4 Å². The second-order valence-electron chi connectivity index (χ2n) is 9.47. The van der Waals surface area contributed by atoms with Crippen LogP contribution in [0.25, 0.3) is 33.2 Å². The van der Waals surface area contributed by atoms with Gasteiger partial charge < -0.3 is 20.6 Å². The summed E-state index contributed by atoms with van der Waals surface area (Å²) in [7, 11) is 0. The summed E-state index contributed by atoms with van der Waals surface area (Å²) in [6.07, 6.45) is 0. The molecule has 222 valence electrons. The fraction of sp³-hybridized carbons (Fsp3) is 0.0667. The molecule has 44 heavy (non-hydrogen) atoms. The summed E-state index contributed by atoms with van der Waals surface area (Å²) in [6, 6.07) is 21.4. The molecule has 4 aromatic carbocycles. The molecule has 4 N–H and O–H groups in total. The molecule has 0 aliphatic heterocycles. The summed E-state index contributed by atoms with van der Waals surface area (Å²) in [4.78, 5) is 40.4. The molecule has 8 nitrogen and oxygen atoms in total. The number of nitrogens with zero attached hydrogens (tertiary/aromatic N) is 2. The standard InChI is InChI=1S/C30H20Cl4N6O2S2/c31-17-3-7-23-25(11-17)39-29(37-23)43-13-27(41)35-21-5-1-15(9-19(21)33)16-2-6-22(20(34)10-16)36-28(42)14-44-30-38-24-8-4-18(32)12-26(24)40-30/h1-12H,13-14H2,(H,35,41)(H,36,42)(H,37,39)(H,38,40). The van der Waals surface area contributed by atoms with Crippen molar-refractivity contribution in [2.24, 2.45) is 0 Å². The van der Waals surface area contributed by atoms with Crippen LogP contribution in [0.2, 0.25) is 20.1 Å². The molecule has 2 heterocycles. The number of benzene rings is 4. The Bertz CT molecular complexity index is 1900. The van der Waals surface area contributed by atoms with Gasteiger partial charge in [0.1, 0.15) is 0 Å². The largest absolute Gasteiger partial charge is 0.333 e. The van der Waals surface area contributed by atoms with Crippen LogP contribution < -0.4 is 10.6 Å². The van der Waals surface area contributed by atoms with E-state index in [2.05, 4.69) is 30.6 Å². The minimum absolute atomic E-state index is 0.139. The molecule has 0 atom stereocenters. The molecular weight excluding hydrogens is 682 g/mol. The van der Waals surface area contributed by atoms with Crippen LogP contribution in [0.15, 0.2) is 83.1 Å². The van der Waals surface area contributed by atoms with Crippen molar-refractivity contribution in [3.63, 3.8) is 0 Å². The molecule has 0 saturated heterocycles. The van der Waals surface area contributed by atoms with Gasteiger partial charge in [-0.1, -0.05) is 82.1 Å². The number of thioether (sulfide) groups is 2. The highest BCUT2D eigenvalue weighted by Gasteiger charge is 2.13. The molecule has 0 bridgehead atoms. The van der Waals surface area contributed by atoms with Gasteiger partial charge in [-0.3, -0.25) is 9.59 Å². The van der Waals surface area contributed by atoms with Crippen LogP contribution >= 0.6 is 69.9 Å². The quantitative estimate of drug-likeness (QED) is 0.112. The monoisotopic (exact) mass is 700 g/mol. The van der Waals surface area contributed by atoms with Gasteiger partial charge in [0.25, 0.3) is 0 Å². The fourth-order valence-corrected chi connectivity index (χ4v) is 6.46. The van der Waals surface area contributed by atoms with Gasteiger partial charge in [0, 0.05) is 10.0 Å². The fourth-order valence-electron chi connectivity index (χ4n) is 4.29. The molecule has 0 aliphatic rings. The van der Waals surface area contributed by atoms with Gasteiger partial charge >= 0.3 is 0 Å². The van der Waals surface area contributed by atoms with Crippen LogP contribution in [0.5, 0.6) is 0 Å². The number of hydrogen-bond donors (Lipinski definition) is 4. The molecule has 2 amide bonds. The van der Waals surface area contributed by atoms with Crippen molar-refractivity contribution in [1.29, 1.82) is 0 Å². The molecule has 0 saturated carbocycles. The summed E-state index contributed by atoms with van der Waals surface area (Å²) in [5, 5.41) is 8.86. The van der Waals surface area contributed by atoms with Crippen LogP contribution in [0.3, 0.4) is 0 Å². The number of nitrogens with one attached hydrogen (secondary N) is 4. The van der Waals surface area contributed by atoms with Gasteiger partial charge in [0.2, 0.25) is 11.8 Å². The SMILES string of the molecule is O=C(CSc1nc2ccc(Cl)cc2[nH]1)Nc1ccc(-c2ccc(NC(=O)CSc3nc4ccc(Cl)cc4[nH]3)c(Cl)c2)cc1Cl. The Balaban J connectivity index is 1.03. The zero-order chi connectivity index (χ0) is 30.8. The summed E-state index contributed by atoms with van der Waals surface area (Å²) >= 11 is 27.6. The first-order valence-electron chi connectivity index (χ1n) is 13.0. The Kier molecular flexibility index (Phi) is 9.27. The zero-order valence-corrected chi connectivity index (χ0v) is 27.0. The highest BCUT2D eigenvalue weighted by atomic mass is 35.5. The maximum Gasteiger partial charge on any atom is 0.234 e. The summed E-state index contributed by atoms with van der Waals surface area (Å²) in [5.41, 5.74) is 5.71. The van der Waals surface area contributed by atoms with E-state index in [-0.39, 0.29) is 23.3 Å². The predicted molar refractivity (Wildman–Crippen MR) is 183 cm³/mol. The molecule has 0 radical (unpaired) electrons. The minimum Gasteiger partial charge on any atom is -0.333 e. The Morgan fingerprint density at radius 1 is 0.614 bits per heavy atom. The van der Waals surface area contributed by atoms with E-state index in [1.54, 1.807) is 48.5 Å². The maximum atomic E-state index is 12.6. The molecule has 14 heteroatoms. The van der Waals surface area contributed by atoms with Crippen molar-refractivity contribution in [1.82, 2.24) is 19.9 Å². The van der Waals surface area contributed by atoms with Gasteiger partial charge in [-0.25, -0.2) is 9.97 Å². The van der Waals surface area contributed by atoms with Crippen molar-refractivity contribution in [3.05, 3.63) is 92.9 Å². The van der Waals surface area contributed by atoms with Crippen molar-refractivity contribution < 1.29 is 9.59 Å². The number of halogens is 4. The molecule has 0 unspecified atom stereocenters. The van der Waals surface area contributed by atoms with Gasteiger partial charge in [-0.2, -0.15) is 0 Å². The molecule has 0 fully saturated rings. The molecule has 2 aromatic heterocycles. The number of H-pyrrole nitrogens is 2. The van der Waals surface area contributed by atoms with Gasteiger partial charge in [0.05, 0.1) is 55.0 Å². The van der Waals surface area contributed by atoms with E-state index in [9.17, 15) is 9.59 Å². The van der Waals surface area contributed by atoms with Crippen molar-refractivity contribution in [3.8, 4) is 11.1 Å². The minimum atomic E-state index is -0.228. The number of hydrogen-bond acceptors (Lipinski definition) is 6. The summed E-state index contributed by atoms with van der Waals surface area (Å²) < 4.78 is 0. The Hall–Kier alpha value is -3.38. The van der Waals surface area contributed by atoms with Gasteiger partial charge in [0.15, 0.2) is 10.3 Å². The third-order valence-electron chi connectivity index (χ3n) is 6.34. The lowest BCUT2D eigenvalue weighted by Crippen LogP contribution is -2.14. The van der Waals surface area contributed by atoms with E-state index in [0.717, 1.165) is 33.2 Å². The molecule has 0 spiro atoms. The second kappa shape index (κ2) is 13.3. The lowest BCUT2D eigenvalue weighted by atomic mass is 10.0. The zero-order valence-electron chi connectivity index (χ0n) is 22.4. The molecule has 0 aliphatic carbocycles. The number of rotatable bonds is 9.